The first-order valence-electron chi connectivity index (χ1n) is 8.56. The van der Waals surface area contributed by atoms with Crippen LogP contribution in [0.3, 0.4) is 0 Å². The van der Waals surface area contributed by atoms with Gasteiger partial charge in [-0.15, -0.1) is 0 Å². The highest BCUT2D eigenvalue weighted by molar-refractivity contribution is 5.68. The molecule has 1 atom stereocenters. The van der Waals surface area contributed by atoms with Gasteiger partial charge >= 0.3 is 18.2 Å². The average Bonchev–Trinajstić information content (AvgIpc) is 3.22. The highest BCUT2D eigenvalue weighted by Gasteiger charge is 2.38. The largest absolute Gasteiger partial charge is 0.471 e. The van der Waals surface area contributed by atoms with E-state index in [-0.39, 0.29) is 17.3 Å². The third-order valence-corrected chi connectivity index (χ3v) is 3.75. The van der Waals surface area contributed by atoms with E-state index < -0.39 is 30.0 Å². The Balaban J connectivity index is 1.67. The van der Waals surface area contributed by atoms with Gasteiger partial charge in [0.25, 0.3) is 0 Å². The minimum absolute atomic E-state index is 0.212. The summed E-state index contributed by atoms with van der Waals surface area (Å²) < 4.78 is 52.9. The van der Waals surface area contributed by atoms with Crippen LogP contribution < -0.4 is 4.74 Å². The number of ether oxygens (including phenoxy) is 2. The van der Waals surface area contributed by atoms with E-state index in [0.29, 0.717) is 13.0 Å². The molecule has 28 heavy (non-hydrogen) atoms. The molecule has 3 heterocycles. The van der Waals surface area contributed by atoms with Gasteiger partial charge in [-0.2, -0.15) is 18.2 Å². The number of nitrogens with zero attached hydrogens (tertiary/aromatic N) is 4. The van der Waals surface area contributed by atoms with E-state index in [1.165, 1.54) is 23.2 Å². The third kappa shape index (κ3) is 4.70. The summed E-state index contributed by atoms with van der Waals surface area (Å²) in [6.07, 6.45) is -3.08. The lowest BCUT2D eigenvalue weighted by Crippen LogP contribution is -2.42. The summed E-state index contributed by atoms with van der Waals surface area (Å²) in [4.78, 5) is 21.1. The van der Waals surface area contributed by atoms with Crippen molar-refractivity contribution in [2.75, 3.05) is 6.54 Å². The molecule has 1 amide bonds. The number of hydrogen-bond acceptors (Lipinski definition) is 7. The third-order valence-electron chi connectivity index (χ3n) is 3.75. The highest BCUT2D eigenvalue weighted by Crippen LogP contribution is 2.30. The normalized spacial score (nSPS) is 17.6. The van der Waals surface area contributed by atoms with Crippen LogP contribution in [0.25, 0.3) is 11.4 Å². The SMILES string of the molecule is CC(C)(C)OC(=O)N1CCCC1Oc1ccc(-c2noc(C(F)(F)F)n2)cn1. The van der Waals surface area contributed by atoms with Crippen LogP contribution in [0, 0.1) is 0 Å². The lowest BCUT2D eigenvalue weighted by Gasteiger charge is -2.28. The molecule has 2 aromatic heterocycles. The standard InChI is InChI=1S/C17H19F3N4O4/c1-16(2,3)27-15(25)24-8-4-5-12(24)26-11-7-6-10(9-21-11)13-22-14(28-23-13)17(18,19)20/h6-7,9,12H,4-5,8H2,1-3H3. The molecular weight excluding hydrogens is 381 g/mol. The van der Waals surface area contributed by atoms with Gasteiger partial charge < -0.3 is 14.0 Å². The van der Waals surface area contributed by atoms with Crippen LogP contribution in [-0.4, -0.2) is 44.5 Å². The molecule has 0 saturated carbocycles. The molecule has 3 rings (SSSR count). The summed E-state index contributed by atoms with van der Waals surface area (Å²) >= 11 is 0. The van der Waals surface area contributed by atoms with Crippen LogP contribution in [0.4, 0.5) is 18.0 Å². The van der Waals surface area contributed by atoms with Gasteiger partial charge in [0.15, 0.2) is 6.23 Å². The first kappa shape index (κ1) is 19.9. The van der Waals surface area contributed by atoms with Crippen LogP contribution in [0.5, 0.6) is 5.88 Å². The molecule has 0 aliphatic carbocycles. The summed E-state index contributed by atoms with van der Waals surface area (Å²) in [5.74, 6) is -1.45. The van der Waals surface area contributed by atoms with Gasteiger partial charge in [0.1, 0.15) is 5.60 Å². The number of pyridine rings is 1. The van der Waals surface area contributed by atoms with Gasteiger partial charge in [-0.25, -0.2) is 9.78 Å². The maximum absolute atomic E-state index is 12.5. The summed E-state index contributed by atoms with van der Waals surface area (Å²) in [6.45, 7) is 5.83. The molecule has 0 radical (unpaired) electrons. The van der Waals surface area contributed by atoms with Crippen LogP contribution in [-0.2, 0) is 10.9 Å². The fraction of sp³-hybridized carbons (Fsp3) is 0.529. The molecule has 152 valence electrons. The van der Waals surface area contributed by atoms with Gasteiger partial charge in [0, 0.05) is 30.8 Å². The smallest absolute Gasteiger partial charge is 0.453 e. The number of aromatic nitrogens is 3. The minimum atomic E-state index is -4.71. The Morgan fingerprint density at radius 2 is 2.04 bits per heavy atom. The first-order chi connectivity index (χ1) is 13.0. The Morgan fingerprint density at radius 1 is 1.29 bits per heavy atom. The van der Waals surface area contributed by atoms with Gasteiger partial charge in [-0.3, -0.25) is 4.90 Å². The Bertz CT molecular complexity index is 830. The Morgan fingerprint density at radius 3 is 2.61 bits per heavy atom. The maximum atomic E-state index is 12.5. The molecule has 0 bridgehead atoms. The number of carbonyl (C=O) groups is 1. The van der Waals surface area contributed by atoms with E-state index in [4.69, 9.17) is 9.47 Å². The lowest BCUT2D eigenvalue weighted by molar-refractivity contribution is -0.159. The molecular formula is C17H19F3N4O4. The van der Waals surface area contributed by atoms with E-state index in [2.05, 4.69) is 19.6 Å². The van der Waals surface area contributed by atoms with Crippen molar-refractivity contribution in [3.8, 4) is 17.3 Å². The van der Waals surface area contributed by atoms with Crippen LogP contribution in [0.1, 0.15) is 39.5 Å². The quantitative estimate of drug-likeness (QED) is 0.772. The summed E-state index contributed by atoms with van der Waals surface area (Å²) in [5, 5.41) is 3.30. The molecule has 1 saturated heterocycles. The van der Waals surface area contributed by atoms with Gasteiger partial charge in [-0.1, -0.05) is 5.16 Å². The number of amides is 1. The van der Waals surface area contributed by atoms with Crippen molar-refractivity contribution in [1.29, 1.82) is 0 Å². The van der Waals surface area contributed by atoms with Crippen LogP contribution >= 0.6 is 0 Å². The van der Waals surface area contributed by atoms with Crippen molar-refractivity contribution in [2.45, 2.75) is 51.6 Å². The fourth-order valence-electron chi connectivity index (χ4n) is 2.57. The Labute approximate surface area is 158 Å². The highest BCUT2D eigenvalue weighted by atomic mass is 19.4. The molecule has 1 aliphatic heterocycles. The van der Waals surface area contributed by atoms with Crippen LogP contribution in [0.15, 0.2) is 22.9 Å². The molecule has 0 N–H and O–H groups in total. The zero-order chi connectivity index (χ0) is 20.5. The van der Waals surface area contributed by atoms with Crippen LogP contribution in [0.2, 0.25) is 0 Å². The second-order valence-corrected chi connectivity index (χ2v) is 7.19. The second-order valence-electron chi connectivity index (χ2n) is 7.19. The van der Waals surface area contributed by atoms with Crippen molar-refractivity contribution in [3.05, 3.63) is 24.2 Å². The zero-order valence-corrected chi connectivity index (χ0v) is 15.5. The number of likely N-dealkylation sites (tertiary alicyclic amines) is 1. The molecule has 0 spiro atoms. The van der Waals surface area contributed by atoms with E-state index >= 15 is 0 Å². The van der Waals surface area contributed by atoms with Crippen molar-refractivity contribution < 1.29 is 32.0 Å². The predicted octanol–water partition coefficient (Wildman–Crippen LogP) is 3.89. The Kier molecular flexibility index (Phi) is 5.18. The van der Waals surface area contributed by atoms with Crippen molar-refractivity contribution in [2.24, 2.45) is 0 Å². The average molecular weight is 400 g/mol. The Hall–Kier alpha value is -2.85. The number of halogens is 3. The number of carbonyl (C=O) groups excluding carboxylic acids is 1. The molecule has 0 aromatic carbocycles. The van der Waals surface area contributed by atoms with Crippen molar-refractivity contribution in [1.82, 2.24) is 20.0 Å². The number of rotatable bonds is 3. The lowest BCUT2D eigenvalue weighted by atomic mass is 10.2. The second kappa shape index (κ2) is 7.28. The first-order valence-corrected chi connectivity index (χ1v) is 8.56. The zero-order valence-electron chi connectivity index (χ0n) is 15.5. The molecule has 1 fully saturated rings. The molecule has 2 aromatic rings. The van der Waals surface area contributed by atoms with E-state index in [0.717, 1.165) is 6.42 Å². The number of alkyl halides is 3. The summed E-state index contributed by atoms with van der Waals surface area (Å²) in [6, 6.07) is 2.92. The van der Waals surface area contributed by atoms with Gasteiger partial charge in [0.05, 0.1) is 0 Å². The number of hydrogen-bond donors (Lipinski definition) is 0. The topological polar surface area (TPSA) is 90.6 Å². The van der Waals surface area contributed by atoms with Crippen molar-refractivity contribution >= 4 is 6.09 Å². The molecule has 11 heteroatoms. The molecule has 8 nitrogen and oxygen atoms in total. The fourth-order valence-corrected chi connectivity index (χ4v) is 2.57. The summed E-state index contributed by atoms with van der Waals surface area (Å²) in [5.41, 5.74) is -0.383. The van der Waals surface area contributed by atoms with Gasteiger partial charge in [-0.05, 0) is 33.3 Å². The predicted molar refractivity (Wildman–Crippen MR) is 89.1 cm³/mol. The molecule has 1 unspecified atom stereocenters. The van der Waals surface area contributed by atoms with E-state index in [1.807, 2.05) is 0 Å². The van der Waals surface area contributed by atoms with Gasteiger partial charge in [0.2, 0.25) is 11.7 Å². The minimum Gasteiger partial charge on any atom is -0.453 e. The maximum Gasteiger partial charge on any atom is 0.471 e. The van der Waals surface area contributed by atoms with Crippen molar-refractivity contribution in [3.63, 3.8) is 0 Å². The summed E-state index contributed by atoms with van der Waals surface area (Å²) in [7, 11) is 0. The van der Waals surface area contributed by atoms with E-state index in [1.54, 1.807) is 20.8 Å². The van der Waals surface area contributed by atoms with E-state index in [9.17, 15) is 18.0 Å². The monoisotopic (exact) mass is 400 g/mol. The molecule has 1 aliphatic rings.